The van der Waals surface area contributed by atoms with Gasteiger partial charge < -0.3 is 9.47 Å². The highest BCUT2D eigenvalue weighted by Gasteiger charge is 2.28. The monoisotopic (exact) mass is 662 g/mol. The third kappa shape index (κ3) is 33.3. The summed E-state index contributed by atoms with van der Waals surface area (Å²) in [6.45, 7) is 8.21. The smallest absolute Gasteiger partial charge is 0.149 e. The standard InChI is InChI=1S/C43H83NO3/c1-6-8-10-12-14-16-18-20-22-24-26-28-30-32-34-36-38-46-40-42(43(41(3)45)44(4)5)47-39-37-35-33-31-29-27-25-23-21-19-17-15-13-11-9-7-2/h20-23,42-43H,6-19,24-40H2,1-5H3/b22-20-,23-21-. The van der Waals surface area contributed by atoms with E-state index in [9.17, 15) is 4.79 Å². The summed E-state index contributed by atoms with van der Waals surface area (Å²) >= 11 is 0. The van der Waals surface area contributed by atoms with Gasteiger partial charge in [0.15, 0.2) is 0 Å². The molecule has 4 nitrogen and oxygen atoms in total. The highest BCUT2D eigenvalue weighted by molar-refractivity contribution is 5.82. The Hall–Kier alpha value is -0.970. The lowest BCUT2D eigenvalue weighted by atomic mass is 10.1. The molecule has 0 saturated heterocycles. The molecule has 2 unspecified atom stereocenters. The van der Waals surface area contributed by atoms with Crippen molar-refractivity contribution in [1.29, 1.82) is 0 Å². The summed E-state index contributed by atoms with van der Waals surface area (Å²) in [4.78, 5) is 14.4. The summed E-state index contributed by atoms with van der Waals surface area (Å²) in [5, 5.41) is 0. The fraction of sp³-hybridized carbons (Fsp3) is 0.884. The minimum Gasteiger partial charge on any atom is -0.379 e. The van der Waals surface area contributed by atoms with Crippen molar-refractivity contribution < 1.29 is 14.3 Å². The van der Waals surface area contributed by atoms with Crippen LogP contribution in [-0.2, 0) is 14.3 Å². The second kappa shape index (κ2) is 37.8. The largest absolute Gasteiger partial charge is 0.379 e. The van der Waals surface area contributed by atoms with E-state index in [-0.39, 0.29) is 17.9 Å². The molecule has 47 heavy (non-hydrogen) atoms. The summed E-state index contributed by atoms with van der Waals surface area (Å²) in [5.41, 5.74) is 0. The van der Waals surface area contributed by atoms with Crippen molar-refractivity contribution in [2.45, 2.75) is 213 Å². The molecule has 0 radical (unpaired) electrons. The maximum atomic E-state index is 12.4. The third-order valence-corrected chi connectivity index (χ3v) is 9.40. The van der Waals surface area contributed by atoms with Crippen molar-refractivity contribution in [3.05, 3.63) is 24.3 Å². The fourth-order valence-corrected chi connectivity index (χ4v) is 6.42. The summed E-state index contributed by atoms with van der Waals surface area (Å²) in [6.07, 6.45) is 46.0. The molecule has 4 heteroatoms. The Morgan fingerprint density at radius 3 is 1.21 bits per heavy atom. The van der Waals surface area contributed by atoms with Crippen LogP contribution in [0.4, 0.5) is 0 Å². The zero-order valence-corrected chi connectivity index (χ0v) is 32.6. The molecule has 278 valence electrons. The zero-order valence-electron chi connectivity index (χ0n) is 32.6. The van der Waals surface area contributed by atoms with Gasteiger partial charge in [-0.05, 0) is 85.2 Å². The normalized spacial score (nSPS) is 13.4. The molecule has 0 fully saturated rings. The van der Waals surface area contributed by atoms with Crippen LogP contribution in [0.5, 0.6) is 0 Å². The van der Waals surface area contributed by atoms with Crippen LogP contribution in [0.15, 0.2) is 24.3 Å². The van der Waals surface area contributed by atoms with Gasteiger partial charge in [-0.15, -0.1) is 0 Å². The van der Waals surface area contributed by atoms with Crippen molar-refractivity contribution in [3.8, 4) is 0 Å². The minimum atomic E-state index is -0.246. The van der Waals surface area contributed by atoms with Crippen molar-refractivity contribution in [2.24, 2.45) is 0 Å². The molecular formula is C43H83NO3. The Morgan fingerprint density at radius 1 is 0.511 bits per heavy atom. The van der Waals surface area contributed by atoms with Crippen LogP contribution in [0.25, 0.3) is 0 Å². The number of carbonyl (C=O) groups is 1. The Balaban J connectivity index is 3.86. The van der Waals surface area contributed by atoms with Crippen LogP contribution in [0.1, 0.15) is 201 Å². The molecule has 0 aromatic carbocycles. The molecule has 2 atom stereocenters. The van der Waals surface area contributed by atoms with Gasteiger partial charge in [-0.3, -0.25) is 9.69 Å². The highest BCUT2D eigenvalue weighted by atomic mass is 16.5. The van der Waals surface area contributed by atoms with Gasteiger partial charge in [0.25, 0.3) is 0 Å². The number of hydrogen-bond donors (Lipinski definition) is 0. The van der Waals surface area contributed by atoms with E-state index in [1.54, 1.807) is 6.92 Å². The van der Waals surface area contributed by atoms with E-state index in [0.717, 1.165) is 19.4 Å². The van der Waals surface area contributed by atoms with Crippen LogP contribution in [-0.4, -0.2) is 56.7 Å². The number of ether oxygens (including phenoxy) is 2. The van der Waals surface area contributed by atoms with E-state index in [1.807, 2.05) is 19.0 Å². The molecular weight excluding hydrogens is 578 g/mol. The Kier molecular flexibility index (Phi) is 37.1. The number of nitrogens with zero attached hydrogens (tertiary/aromatic N) is 1. The molecule has 0 aromatic heterocycles. The first-order valence-corrected chi connectivity index (χ1v) is 20.7. The molecule has 0 aromatic rings. The van der Waals surface area contributed by atoms with Gasteiger partial charge in [-0.2, -0.15) is 0 Å². The molecule has 0 bridgehead atoms. The SMILES string of the molecule is CCCCCCCC/C=C\CCCCCCCCOCC(OCCCCCCCC/C=C\CCCCCCCC)C(C(C)=O)N(C)C. The first kappa shape index (κ1) is 46.0. The van der Waals surface area contributed by atoms with Crippen molar-refractivity contribution >= 4 is 5.78 Å². The quantitative estimate of drug-likeness (QED) is 0.0487. The van der Waals surface area contributed by atoms with Gasteiger partial charge in [0.2, 0.25) is 0 Å². The van der Waals surface area contributed by atoms with Crippen LogP contribution in [0, 0.1) is 0 Å². The average Bonchev–Trinajstić information content (AvgIpc) is 3.05. The summed E-state index contributed by atoms with van der Waals surface area (Å²) in [7, 11) is 3.94. The van der Waals surface area contributed by atoms with E-state index in [2.05, 4.69) is 38.2 Å². The van der Waals surface area contributed by atoms with Gasteiger partial charge in [0.05, 0.1) is 12.6 Å². The lowest BCUT2D eigenvalue weighted by Gasteiger charge is -2.30. The summed E-state index contributed by atoms with van der Waals surface area (Å²) in [6, 6.07) is -0.246. The first-order chi connectivity index (χ1) is 23.0. The van der Waals surface area contributed by atoms with Crippen LogP contribution in [0.3, 0.4) is 0 Å². The van der Waals surface area contributed by atoms with E-state index in [1.165, 1.54) is 167 Å². The summed E-state index contributed by atoms with van der Waals surface area (Å²) in [5.74, 6) is 0.155. The third-order valence-electron chi connectivity index (χ3n) is 9.40. The van der Waals surface area contributed by atoms with E-state index in [4.69, 9.17) is 9.47 Å². The number of Topliss-reactive ketones (excluding diaryl/α,β-unsaturated/α-hetero) is 1. The highest BCUT2D eigenvalue weighted by Crippen LogP contribution is 2.14. The van der Waals surface area contributed by atoms with E-state index in [0.29, 0.717) is 13.2 Å². The van der Waals surface area contributed by atoms with Crippen molar-refractivity contribution in [1.82, 2.24) is 4.90 Å². The second-order valence-corrected chi connectivity index (χ2v) is 14.4. The van der Waals surface area contributed by atoms with Gasteiger partial charge in [0.1, 0.15) is 11.9 Å². The zero-order chi connectivity index (χ0) is 34.5. The van der Waals surface area contributed by atoms with Crippen LogP contribution in [0.2, 0.25) is 0 Å². The second-order valence-electron chi connectivity index (χ2n) is 14.4. The molecule has 0 aliphatic carbocycles. The van der Waals surface area contributed by atoms with Gasteiger partial charge in [0, 0.05) is 13.2 Å². The molecule has 0 aliphatic rings. The predicted molar refractivity (Wildman–Crippen MR) is 208 cm³/mol. The number of allylic oxidation sites excluding steroid dienone is 4. The fourth-order valence-electron chi connectivity index (χ4n) is 6.42. The lowest BCUT2D eigenvalue weighted by Crippen LogP contribution is -2.48. The predicted octanol–water partition coefficient (Wildman–Crippen LogP) is 13.0. The van der Waals surface area contributed by atoms with Crippen molar-refractivity contribution in [3.63, 3.8) is 0 Å². The molecule has 0 amide bonds. The molecule has 0 N–H and O–H groups in total. The molecule has 0 heterocycles. The molecule has 0 aliphatic heterocycles. The van der Waals surface area contributed by atoms with Crippen LogP contribution >= 0.6 is 0 Å². The maximum Gasteiger partial charge on any atom is 0.149 e. The van der Waals surface area contributed by atoms with E-state index < -0.39 is 0 Å². The lowest BCUT2D eigenvalue weighted by molar-refractivity contribution is -0.130. The van der Waals surface area contributed by atoms with Gasteiger partial charge in [-0.25, -0.2) is 0 Å². The number of unbranched alkanes of at least 4 members (excludes halogenated alkanes) is 24. The molecule has 0 saturated carbocycles. The molecule has 0 spiro atoms. The topological polar surface area (TPSA) is 38.8 Å². The first-order valence-electron chi connectivity index (χ1n) is 20.7. The number of rotatable bonds is 38. The molecule has 0 rings (SSSR count). The van der Waals surface area contributed by atoms with Gasteiger partial charge >= 0.3 is 0 Å². The Bertz CT molecular complexity index is 689. The number of ketones is 1. The number of carbonyl (C=O) groups excluding carboxylic acids is 1. The average molecular weight is 662 g/mol. The maximum absolute atomic E-state index is 12.4. The van der Waals surface area contributed by atoms with Crippen molar-refractivity contribution in [2.75, 3.05) is 33.9 Å². The van der Waals surface area contributed by atoms with Crippen LogP contribution < -0.4 is 0 Å². The Morgan fingerprint density at radius 2 is 0.851 bits per heavy atom. The Labute approximate surface area is 295 Å². The summed E-state index contributed by atoms with van der Waals surface area (Å²) < 4.78 is 12.3. The number of hydrogen-bond acceptors (Lipinski definition) is 4. The number of likely N-dealkylation sites (N-methyl/N-ethyl adjacent to an activating group) is 1. The minimum absolute atomic E-state index is 0.155. The van der Waals surface area contributed by atoms with Gasteiger partial charge in [-0.1, -0.05) is 154 Å². The van der Waals surface area contributed by atoms with E-state index >= 15 is 0 Å².